The van der Waals surface area contributed by atoms with Gasteiger partial charge in [-0.15, -0.1) is 20.4 Å². The highest BCUT2D eigenvalue weighted by atomic mass is 16.1. The second-order valence-corrected chi connectivity index (χ2v) is 3.97. The summed E-state index contributed by atoms with van der Waals surface area (Å²) in [6.45, 7) is 0. The molecular formula is C11H13N7O. The monoisotopic (exact) mass is 259 g/mol. The number of aromatic amines is 1. The van der Waals surface area contributed by atoms with Gasteiger partial charge in [0, 0.05) is 19.8 Å². The lowest BCUT2D eigenvalue weighted by Gasteiger charge is -2.11. The minimum Gasteiger partial charge on any atom is -0.378 e. The van der Waals surface area contributed by atoms with Crippen LogP contribution in [0.1, 0.15) is 10.5 Å². The van der Waals surface area contributed by atoms with E-state index in [9.17, 15) is 4.79 Å². The van der Waals surface area contributed by atoms with Crippen LogP contribution in [-0.2, 0) is 0 Å². The molecule has 0 aliphatic heterocycles. The van der Waals surface area contributed by atoms with Gasteiger partial charge in [0.25, 0.3) is 5.91 Å². The van der Waals surface area contributed by atoms with Crippen LogP contribution in [0.4, 0.5) is 17.2 Å². The highest BCUT2D eigenvalue weighted by Crippen LogP contribution is 2.21. The zero-order valence-corrected chi connectivity index (χ0v) is 10.5. The summed E-state index contributed by atoms with van der Waals surface area (Å²) < 4.78 is 0. The Balaban J connectivity index is 2.18. The van der Waals surface area contributed by atoms with Crippen LogP contribution in [0.2, 0.25) is 0 Å². The van der Waals surface area contributed by atoms with Crippen molar-refractivity contribution in [1.82, 2.24) is 15.4 Å². The number of nitrogens with zero attached hydrogens (tertiary/aromatic N) is 5. The van der Waals surface area contributed by atoms with Crippen molar-refractivity contribution in [2.24, 2.45) is 16.0 Å². The van der Waals surface area contributed by atoms with Crippen LogP contribution in [0.3, 0.4) is 0 Å². The topological polar surface area (TPSA) is 113 Å². The van der Waals surface area contributed by atoms with Crippen molar-refractivity contribution in [3.8, 4) is 0 Å². The van der Waals surface area contributed by atoms with E-state index in [-0.39, 0.29) is 11.5 Å². The third-order valence-corrected chi connectivity index (χ3v) is 2.39. The molecule has 0 spiro atoms. The summed E-state index contributed by atoms with van der Waals surface area (Å²) in [6.07, 6.45) is 0. The van der Waals surface area contributed by atoms with Gasteiger partial charge in [-0.3, -0.25) is 4.79 Å². The van der Waals surface area contributed by atoms with Crippen molar-refractivity contribution in [1.29, 1.82) is 0 Å². The molecule has 2 rings (SSSR count). The summed E-state index contributed by atoms with van der Waals surface area (Å²) in [5.74, 6) is -0.630. The van der Waals surface area contributed by atoms with Gasteiger partial charge in [0.15, 0.2) is 5.69 Å². The first kappa shape index (κ1) is 12.7. The van der Waals surface area contributed by atoms with Crippen molar-refractivity contribution < 1.29 is 4.79 Å². The number of benzene rings is 1. The maximum atomic E-state index is 11.0. The summed E-state index contributed by atoms with van der Waals surface area (Å²) in [6, 6.07) is 7.43. The molecule has 0 unspecified atom stereocenters. The van der Waals surface area contributed by atoms with E-state index in [2.05, 4.69) is 25.6 Å². The predicted octanol–water partition coefficient (Wildman–Crippen LogP) is 1.38. The second kappa shape index (κ2) is 5.25. The summed E-state index contributed by atoms with van der Waals surface area (Å²) in [7, 11) is 3.90. The van der Waals surface area contributed by atoms with E-state index >= 15 is 0 Å². The van der Waals surface area contributed by atoms with Gasteiger partial charge in [-0.05, 0) is 24.3 Å². The number of hydrogen-bond donors (Lipinski definition) is 2. The molecule has 98 valence electrons. The fourth-order valence-electron chi connectivity index (χ4n) is 1.38. The van der Waals surface area contributed by atoms with Gasteiger partial charge in [-0.1, -0.05) is 0 Å². The van der Waals surface area contributed by atoms with Crippen LogP contribution in [0.5, 0.6) is 0 Å². The SMILES string of the molecule is CN(C)c1ccc(N=Nc2n[nH]nc2C(N)=O)cc1. The molecule has 3 N–H and O–H groups in total. The molecule has 8 heteroatoms. The van der Waals surface area contributed by atoms with Gasteiger partial charge in [0.05, 0.1) is 5.69 Å². The number of anilines is 1. The van der Waals surface area contributed by atoms with Gasteiger partial charge in [0.2, 0.25) is 5.82 Å². The first-order chi connectivity index (χ1) is 9.08. The van der Waals surface area contributed by atoms with Gasteiger partial charge in [-0.25, -0.2) is 0 Å². The summed E-state index contributed by atoms with van der Waals surface area (Å²) in [4.78, 5) is 13.0. The third-order valence-electron chi connectivity index (χ3n) is 2.39. The van der Waals surface area contributed by atoms with Crippen molar-refractivity contribution in [3.63, 3.8) is 0 Å². The number of carbonyl (C=O) groups excluding carboxylic acids is 1. The minimum absolute atomic E-state index is 0.0336. The molecule has 19 heavy (non-hydrogen) atoms. The zero-order chi connectivity index (χ0) is 13.8. The fourth-order valence-corrected chi connectivity index (χ4v) is 1.38. The van der Waals surface area contributed by atoms with E-state index in [1.54, 1.807) is 0 Å². The van der Waals surface area contributed by atoms with E-state index in [0.29, 0.717) is 5.69 Å². The first-order valence-electron chi connectivity index (χ1n) is 5.47. The Morgan fingerprint density at radius 1 is 1.21 bits per heavy atom. The highest BCUT2D eigenvalue weighted by Gasteiger charge is 2.12. The van der Waals surface area contributed by atoms with Crippen LogP contribution < -0.4 is 10.6 Å². The van der Waals surface area contributed by atoms with Crippen molar-refractivity contribution in [2.45, 2.75) is 0 Å². The van der Waals surface area contributed by atoms with E-state index in [1.165, 1.54) is 0 Å². The average molecular weight is 259 g/mol. The van der Waals surface area contributed by atoms with Crippen LogP contribution in [-0.4, -0.2) is 35.4 Å². The molecule has 1 aromatic heterocycles. The second-order valence-electron chi connectivity index (χ2n) is 3.97. The third kappa shape index (κ3) is 2.92. The Bertz CT molecular complexity index is 600. The molecule has 0 aliphatic rings. The molecule has 1 aromatic carbocycles. The van der Waals surface area contributed by atoms with E-state index < -0.39 is 5.91 Å². The molecule has 0 radical (unpaired) electrons. The molecule has 0 fully saturated rings. The molecule has 1 amide bonds. The maximum Gasteiger partial charge on any atom is 0.273 e. The van der Waals surface area contributed by atoms with Crippen molar-refractivity contribution >= 4 is 23.1 Å². The quantitative estimate of drug-likeness (QED) is 0.807. The number of hydrogen-bond acceptors (Lipinski definition) is 6. The van der Waals surface area contributed by atoms with Gasteiger partial charge < -0.3 is 10.6 Å². The number of primary amides is 1. The molecule has 0 bridgehead atoms. The minimum atomic E-state index is -0.703. The van der Waals surface area contributed by atoms with Crippen LogP contribution in [0.15, 0.2) is 34.5 Å². The average Bonchev–Trinajstić information content (AvgIpc) is 2.85. The highest BCUT2D eigenvalue weighted by molar-refractivity contribution is 5.94. The zero-order valence-electron chi connectivity index (χ0n) is 10.5. The standard InChI is InChI=1S/C11H13N7O/c1-18(2)8-5-3-7(4-6-8)13-15-11-9(10(12)19)14-17-16-11/h3-6H,1-2H3,(H2,12,19)(H,14,16,17). The summed E-state index contributed by atoms with van der Waals surface area (Å²) >= 11 is 0. The van der Waals surface area contributed by atoms with E-state index in [4.69, 9.17) is 5.73 Å². The van der Waals surface area contributed by atoms with Crippen LogP contribution in [0, 0.1) is 0 Å². The molecule has 8 nitrogen and oxygen atoms in total. The Labute approximate surface area is 109 Å². The van der Waals surface area contributed by atoms with Crippen LogP contribution in [0.25, 0.3) is 0 Å². The molecule has 0 atom stereocenters. The fraction of sp³-hybridized carbons (Fsp3) is 0.182. The van der Waals surface area contributed by atoms with Gasteiger partial charge in [-0.2, -0.15) is 5.21 Å². The van der Waals surface area contributed by atoms with Gasteiger partial charge in [0.1, 0.15) is 0 Å². The van der Waals surface area contributed by atoms with Gasteiger partial charge >= 0.3 is 0 Å². The predicted molar refractivity (Wildman–Crippen MR) is 69.8 cm³/mol. The largest absolute Gasteiger partial charge is 0.378 e. The summed E-state index contributed by atoms with van der Waals surface area (Å²) in [5, 5.41) is 17.4. The first-order valence-corrected chi connectivity index (χ1v) is 5.47. The van der Waals surface area contributed by atoms with Crippen molar-refractivity contribution in [3.05, 3.63) is 30.0 Å². The molecule has 0 aliphatic carbocycles. The molecule has 2 aromatic rings. The normalized spacial score (nSPS) is 10.8. The number of amides is 1. The number of rotatable bonds is 4. The molecule has 1 heterocycles. The Morgan fingerprint density at radius 3 is 2.47 bits per heavy atom. The number of H-pyrrole nitrogens is 1. The summed E-state index contributed by atoms with van der Waals surface area (Å²) in [5.41, 5.74) is 6.78. The van der Waals surface area contributed by atoms with Crippen molar-refractivity contribution in [2.75, 3.05) is 19.0 Å². The number of aromatic nitrogens is 3. The number of azo groups is 1. The lowest BCUT2D eigenvalue weighted by atomic mass is 10.3. The Kier molecular flexibility index (Phi) is 3.51. The maximum absolute atomic E-state index is 11.0. The smallest absolute Gasteiger partial charge is 0.273 e. The number of nitrogens with two attached hydrogens (primary N) is 1. The molecular weight excluding hydrogens is 246 g/mol. The Morgan fingerprint density at radius 2 is 1.89 bits per heavy atom. The number of carbonyl (C=O) groups is 1. The molecule has 0 saturated carbocycles. The number of nitrogens with one attached hydrogen (secondary N) is 1. The van der Waals surface area contributed by atoms with Crippen LogP contribution >= 0.6 is 0 Å². The lowest BCUT2D eigenvalue weighted by molar-refractivity contribution is 0.0996. The Hall–Kier alpha value is -2.77. The lowest BCUT2D eigenvalue weighted by Crippen LogP contribution is -2.11. The molecule has 0 saturated heterocycles. The van der Waals surface area contributed by atoms with E-state index in [0.717, 1.165) is 5.69 Å². The van der Waals surface area contributed by atoms with E-state index in [1.807, 2.05) is 43.3 Å².